The minimum absolute atomic E-state index is 0.0795. The minimum atomic E-state index is -0.107. The summed E-state index contributed by atoms with van der Waals surface area (Å²) in [6, 6.07) is 0.0375. The molecule has 98 valence electrons. The fourth-order valence-corrected chi connectivity index (χ4v) is 2.16. The maximum Gasteiger partial charge on any atom is 0.317 e. The molecule has 1 aliphatic rings. The van der Waals surface area contributed by atoms with Gasteiger partial charge in [-0.3, -0.25) is 4.79 Å². The van der Waals surface area contributed by atoms with Crippen molar-refractivity contribution in [1.29, 1.82) is 0 Å². The van der Waals surface area contributed by atoms with E-state index in [1.807, 2.05) is 0 Å². The summed E-state index contributed by atoms with van der Waals surface area (Å²) in [5, 5.41) is 11.7. The van der Waals surface area contributed by atoms with Crippen molar-refractivity contribution in [3.05, 3.63) is 0 Å². The van der Waals surface area contributed by atoms with Crippen LogP contribution in [0, 0.1) is 0 Å². The van der Waals surface area contributed by atoms with Crippen LogP contribution in [0.2, 0.25) is 0 Å². The van der Waals surface area contributed by atoms with Crippen molar-refractivity contribution in [3.63, 3.8) is 0 Å². The Bertz CT molecular complexity index is 266. The zero-order valence-electron chi connectivity index (χ0n) is 10.4. The molecule has 0 radical (unpaired) electrons. The monoisotopic (exact) mass is 242 g/mol. The molecule has 1 rings (SSSR count). The molecule has 0 bridgehead atoms. The van der Waals surface area contributed by atoms with Crippen LogP contribution >= 0.6 is 0 Å². The molecule has 1 saturated heterocycles. The van der Waals surface area contributed by atoms with Crippen molar-refractivity contribution >= 4 is 11.8 Å². The van der Waals surface area contributed by atoms with Crippen LogP contribution in [0.15, 0.2) is 0 Å². The van der Waals surface area contributed by atoms with Crippen LogP contribution in [0.25, 0.3) is 0 Å². The van der Waals surface area contributed by atoms with E-state index in [-0.39, 0.29) is 24.5 Å². The number of nitrogens with zero attached hydrogens (tertiary/aromatic N) is 1. The fourth-order valence-electron chi connectivity index (χ4n) is 2.16. The van der Waals surface area contributed by atoms with Gasteiger partial charge in [0.15, 0.2) is 0 Å². The van der Waals surface area contributed by atoms with Gasteiger partial charge in [0.2, 0.25) is 0 Å². The Morgan fingerprint density at radius 1 is 1.41 bits per heavy atom. The highest BCUT2D eigenvalue weighted by molar-refractivity contribution is 5.78. The molecular formula is C12H22N2O3. The summed E-state index contributed by atoms with van der Waals surface area (Å²) in [6.45, 7) is 2.77. The molecule has 17 heavy (non-hydrogen) atoms. The molecular weight excluding hydrogens is 220 g/mol. The first-order chi connectivity index (χ1) is 8.15. The van der Waals surface area contributed by atoms with E-state index in [1.54, 1.807) is 4.90 Å². The van der Waals surface area contributed by atoms with Gasteiger partial charge in [-0.1, -0.05) is 0 Å². The normalized spacial score (nSPS) is 20.1. The molecule has 1 aliphatic heterocycles. The quantitative estimate of drug-likeness (QED) is 0.753. The molecule has 2 amide bonds. The number of carbonyl (C=O) groups is 2. The van der Waals surface area contributed by atoms with Gasteiger partial charge >= 0.3 is 6.03 Å². The van der Waals surface area contributed by atoms with E-state index in [9.17, 15) is 9.59 Å². The Balaban J connectivity index is 2.38. The van der Waals surface area contributed by atoms with Gasteiger partial charge in [-0.25, -0.2) is 4.79 Å². The minimum Gasteiger partial charge on any atom is -0.396 e. The number of hydrogen-bond donors (Lipinski definition) is 2. The third kappa shape index (κ3) is 4.73. The second-order valence-electron chi connectivity index (χ2n) is 4.54. The van der Waals surface area contributed by atoms with Gasteiger partial charge in [0, 0.05) is 32.2 Å². The number of nitrogens with one attached hydrogen (secondary N) is 1. The number of piperidine rings is 1. The number of likely N-dealkylation sites (tertiary alicyclic amines) is 1. The average Bonchev–Trinajstić information content (AvgIpc) is 2.29. The maximum absolute atomic E-state index is 11.9. The molecule has 1 heterocycles. The van der Waals surface area contributed by atoms with Crippen LogP contribution in [0.5, 0.6) is 0 Å². The van der Waals surface area contributed by atoms with Crippen LogP contribution in [-0.4, -0.2) is 47.6 Å². The van der Waals surface area contributed by atoms with Crippen molar-refractivity contribution in [1.82, 2.24) is 10.2 Å². The predicted molar refractivity (Wildman–Crippen MR) is 64.7 cm³/mol. The summed E-state index contributed by atoms with van der Waals surface area (Å²) in [5.74, 6) is 0.0795. The number of urea groups is 1. The summed E-state index contributed by atoms with van der Waals surface area (Å²) in [7, 11) is 0. The second-order valence-corrected chi connectivity index (χ2v) is 4.54. The molecule has 0 spiro atoms. The topological polar surface area (TPSA) is 69.6 Å². The summed E-state index contributed by atoms with van der Waals surface area (Å²) in [5.41, 5.74) is 0. The average molecular weight is 242 g/mol. The van der Waals surface area contributed by atoms with Crippen molar-refractivity contribution < 1.29 is 14.7 Å². The summed E-state index contributed by atoms with van der Waals surface area (Å²) in [6.07, 6.45) is 4.11. The molecule has 0 aromatic heterocycles. The Labute approximate surface area is 102 Å². The van der Waals surface area contributed by atoms with E-state index in [0.717, 1.165) is 25.8 Å². The molecule has 5 heteroatoms. The lowest BCUT2D eigenvalue weighted by molar-refractivity contribution is -0.116. The standard InChI is InChI=1S/C12H22N2O3/c1-10(16)5-7-13-12(17)14-8-3-2-4-11(14)6-9-15/h11,15H,2-9H2,1H3,(H,13,17). The number of aliphatic hydroxyl groups excluding tert-OH is 1. The lowest BCUT2D eigenvalue weighted by Crippen LogP contribution is -2.49. The zero-order chi connectivity index (χ0) is 12.7. The van der Waals surface area contributed by atoms with Gasteiger partial charge < -0.3 is 15.3 Å². The first-order valence-corrected chi connectivity index (χ1v) is 6.30. The summed E-state index contributed by atoms with van der Waals surface area (Å²) < 4.78 is 0. The first-order valence-electron chi connectivity index (χ1n) is 6.30. The molecule has 0 saturated carbocycles. The molecule has 1 unspecified atom stereocenters. The SMILES string of the molecule is CC(=O)CCNC(=O)N1CCCCC1CCO. The molecule has 1 fully saturated rings. The van der Waals surface area contributed by atoms with Crippen LogP contribution in [0.3, 0.4) is 0 Å². The van der Waals surface area contributed by atoms with Crippen molar-refractivity contribution in [3.8, 4) is 0 Å². The number of rotatable bonds is 5. The summed E-state index contributed by atoms with van der Waals surface area (Å²) in [4.78, 5) is 24.4. The van der Waals surface area contributed by atoms with Gasteiger partial charge in [-0.15, -0.1) is 0 Å². The van der Waals surface area contributed by atoms with E-state index < -0.39 is 0 Å². The lowest BCUT2D eigenvalue weighted by Gasteiger charge is -2.35. The highest BCUT2D eigenvalue weighted by Crippen LogP contribution is 2.19. The predicted octanol–water partition coefficient (Wildman–Crippen LogP) is 0.912. The Hall–Kier alpha value is -1.10. The van der Waals surface area contributed by atoms with Gasteiger partial charge in [0.05, 0.1) is 0 Å². The third-order valence-electron chi connectivity index (χ3n) is 3.10. The number of ketones is 1. The molecule has 2 N–H and O–H groups in total. The number of carbonyl (C=O) groups excluding carboxylic acids is 2. The molecule has 0 aliphatic carbocycles. The van der Waals surface area contributed by atoms with Gasteiger partial charge in [0.25, 0.3) is 0 Å². The smallest absolute Gasteiger partial charge is 0.317 e. The number of aliphatic hydroxyl groups is 1. The van der Waals surface area contributed by atoms with Crippen molar-refractivity contribution in [2.24, 2.45) is 0 Å². The second kappa shape index (κ2) is 7.27. The van der Waals surface area contributed by atoms with Crippen LogP contribution in [0.4, 0.5) is 4.79 Å². The lowest BCUT2D eigenvalue weighted by atomic mass is 10.0. The Morgan fingerprint density at radius 3 is 2.82 bits per heavy atom. The van der Waals surface area contributed by atoms with Crippen LogP contribution < -0.4 is 5.32 Å². The van der Waals surface area contributed by atoms with Crippen molar-refractivity contribution in [2.45, 2.75) is 45.1 Å². The van der Waals surface area contributed by atoms with E-state index in [1.165, 1.54) is 6.92 Å². The highest BCUT2D eigenvalue weighted by atomic mass is 16.3. The number of Topliss-reactive ketones (excluding diaryl/α,β-unsaturated/α-hetero) is 1. The first kappa shape index (κ1) is 14.0. The molecule has 0 aromatic rings. The molecule has 1 atom stereocenters. The van der Waals surface area contributed by atoms with Gasteiger partial charge in [-0.05, 0) is 32.6 Å². The Morgan fingerprint density at radius 2 is 2.18 bits per heavy atom. The fraction of sp³-hybridized carbons (Fsp3) is 0.833. The zero-order valence-corrected chi connectivity index (χ0v) is 10.4. The number of amides is 2. The molecule has 5 nitrogen and oxygen atoms in total. The largest absolute Gasteiger partial charge is 0.396 e. The number of hydrogen-bond acceptors (Lipinski definition) is 3. The van der Waals surface area contributed by atoms with E-state index in [4.69, 9.17) is 5.11 Å². The molecule has 0 aromatic carbocycles. The van der Waals surface area contributed by atoms with E-state index in [2.05, 4.69) is 5.32 Å². The maximum atomic E-state index is 11.9. The Kier molecular flexibility index (Phi) is 5.97. The van der Waals surface area contributed by atoms with Crippen molar-refractivity contribution in [2.75, 3.05) is 19.7 Å². The summed E-state index contributed by atoms with van der Waals surface area (Å²) >= 11 is 0. The third-order valence-corrected chi connectivity index (χ3v) is 3.10. The van der Waals surface area contributed by atoms with Crippen LogP contribution in [-0.2, 0) is 4.79 Å². The van der Waals surface area contributed by atoms with E-state index >= 15 is 0 Å². The van der Waals surface area contributed by atoms with Gasteiger partial charge in [0.1, 0.15) is 5.78 Å². The van der Waals surface area contributed by atoms with Gasteiger partial charge in [-0.2, -0.15) is 0 Å². The van der Waals surface area contributed by atoms with E-state index in [0.29, 0.717) is 19.4 Å². The van der Waals surface area contributed by atoms with Crippen LogP contribution in [0.1, 0.15) is 39.0 Å². The highest BCUT2D eigenvalue weighted by Gasteiger charge is 2.25.